The van der Waals surface area contributed by atoms with Gasteiger partial charge in [0.2, 0.25) is 0 Å². The van der Waals surface area contributed by atoms with E-state index in [9.17, 15) is 9.59 Å². The topological polar surface area (TPSA) is 67.4 Å². The van der Waals surface area contributed by atoms with Gasteiger partial charge in [0.15, 0.2) is 0 Å². The first-order valence-electron chi connectivity index (χ1n) is 9.16. The summed E-state index contributed by atoms with van der Waals surface area (Å²) in [6, 6.07) is 20.6. The first-order chi connectivity index (χ1) is 13.9. The number of hydrogen-bond acceptors (Lipinski definition) is 3. The van der Waals surface area contributed by atoms with E-state index in [1.165, 1.54) is 0 Å². The Bertz CT molecular complexity index is 1020. The summed E-state index contributed by atoms with van der Waals surface area (Å²) in [6.07, 6.45) is 0.0305. The molecule has 2 N–H and O–H groups in total. The second kappa shape index (κ2) is 9.26. The molecular weight excluding hydrogens is 388 g/mol. The normalized spacial score (nSPS) is 10.5. The molecule has 0 fully saturated rings. The van der Waals surface area contributed by atoms with Gasteiger partial charge in [-0.05, 0) is 74.5 Å². The third-order valence-corrected chi connectivity index (χ3v) is 4.19. The van der Waals surface area contributed by atoms with E-state index in [-0.39, 0.29) is 17.9 Å². The number of carbonyl (C=O) groups excluding carboxylic acids is 2. The molecular formula is C23H21ClN2O3. The van der Waals surface area contributed by atoms with Gasteiger partial charge in [-0.15, -0.1) is 0 Å². The Labute approximate surface area is 174 Å². The highest BCUT2D eigenvalue weighted by Gasteiger charge is 2.09. The van der Waals surface area contributed by atoms with Gasteiger partial charge in [0.1, 0.15) is 5.75 Å². The molecule has 29 heavy (non-hydrogen) atoms. The molecule has 0 aliphatic carbocycles. The summed E-state index contributed by atoms with van der Waals surface area (Å²) in [7, 11) is 0. The third-order valence-electron chi connectivity index (χ3n) is 3.96. The predicted molar refractivity (Wildman–Crippen MR) is 116 cm³/mol. The third kappa shape index (κ3) is 5.83. The van der Waals surface area contributed by atoms with Crippen LogP contribution >= 0.6 is 11.6 Å². The number of carbonyl (C=O) groups is 2. The number of benzene rings is 3. The molecule has 2 amide bonds. The Balaban J connectivity index is 1.63. The molecule has 6 heteroatoms. The highest BCUT2D eigenvalue weighted by Crippen LogP contribution is 2.19. The standard InChI is InChI=1S/C23H21ClN2O3/c1-15(2)29-21-8-4-6-17(14-21)23(28)26-20-11-9-19(10-12-20)25-22(27)16-5-3-7-18(24)13-16/h3-15H,1-2H3,(H,25,27)(H,26,28). The summed E-state index contributed by atoms with van der Waals surface area (Å²) in [6.45, 7) is 3.86. The molecule has 148 valence electrons. The van der Waals surface area contributed by atoms with Gasteiger partial charge in [0.05, 0.1) is 6.10 Å². The van der Waals surface area contributed by atoms with Crippen LogP contribution in [0.2, 0.25) is 5.02 Å². The van der Waals surface area contributed by atoms with E-state index in [0.717, 1.165) is 0 Å². The first kappa shape index (κ1) is 20.4. The van der Waals surface area contributed by atoms with Crippen LogP contribution in [0.15, 0.2) is 72.8 Å². The largest absolute Gasteiger partial charge is 0.491 e. The molecule has 3 aromatic carbocycles. The van der Waals surface area contributed by atoms with Crippen LogP contribution in [0, 0.1) is 0 Å². The van der Waals surface area contributed by atoms with Crippen molar-refractivity contribution in [2.45, 2.75) is 20.0 Å². The molecule has 5 nitrogen and oxygen atoms in total. The summed E-state index contributed by atoms with van der Waals surface area (Å²) in [5.41, 5.74) is 2.20. The quantitative estimate of drug-likeness (QED) is 0.555. The van der Waals surface area contributed by atoms with Gasteiger partial charge < -0.3 is 15.4 Å². The first-order valence-corrected chi connectivity index (χ1v) is 9.53. The van der Waals surface area contributed by atoms with Gasteiger partial charge >= 0.3 is 0 Å². The van der Waals surface area contributed by atoms with Crippen molar-refractivity contribution in [2.24, 2.45) is 0 Å². The Morgan fingerprint density at radius 1 is 0.793 bits per heavy atom. The van der Waals surface area contributed by atoms with Gasteiger partial charge in [-0.1, -0.05) is 23.7 Å². The molecule has 0 aliphatic rings. The number of rotatable bonds is 6. The summed E-state index contributed by atoms with van der Waals surface area (Å²) >= 11 is 5.92. The maximum Gasteiger partial charge on any atom is 0.255 e. The minimum absolute atomic E-state index is 0.0305. The molecule has 3 aromatic rings. The maximum atomic E-state index is 12.5. The second-order valence-electron chi connectivity index (χ2n) is 6.69. The second-order valence-corrected chi connectivity index (χ2v) is 7.13. The number of hydrogen-bond donors (Lipinski definition) is 2. The average Bonchev–Trinajstić information content (AvgIpc) is 2.69. The lowest BCUT2D eigenvalue weighted by molar-refractivity contribution is 0.101. The molecule has 0 bridgehead atoms. The minimum atomic E-state index is -0.258. The van der Waals surface area contributed by atoms with Crippen LogP contribution in [0.5, 0.6) is 5.75 Å². The van der Waals surface area contributed by atoms with Gasteiger partial charge in [0, 0.05) is 27.5 Å². The van der Waals surface area contributed by atoms with Crippen LogP contribution in [0.3, 0.4) is 0 Å². The number of nitrogens with one attached hydrogen (secondary N) is 2. The monoisotopic (exact) mass is 408 g/mol. The van der Waals surface area contributed by atoms with Gasteiger partial charge in [0.25, 0.3) is 11.8 Å². The summed E-state index contributed by atoms with van der Waals surface area (Å²) in [5, 5.41) is 6.13. The van der Waals surface area contributed by atoms with Crippen LogP contribution in [0.25, 0.3) is 0 Å². The van der Waals surface area contributed by atoms with E-state index < -0.39 is 0 Å². The molecule has 0 atom stereocenters. The van der Waals surface area contributed by atoms with E-state index in [0.29, 0.717) is 33.3 Å². The van der Waals surface area contributed by atoms with E-state index in [2.05, 4.69) is 10.6 Å². The molecule has 0 spiro atoms. The number of ether oxygens (including phenoxy) is 1. The van der Waals surface area contributed by atoms with Crippen LogP contribution in [0.4, 0.5) is 11.4 Å². The van der Waals surface area contributed by atoms with Crippen molar-refractivity contribution in [2.75, 3.05) is 10.6 Å². The van der Waals surface area contributed by atoms with Crippen molar-refractivity contribution in [3.8, 4) is 5.75 Å². The van der Waals surface area contributed by atoms with E-state index >= 15 is 0 Å². The maximum absolute atomic E-state index is 12.5. The van der Waals surface area contributed by atoms with Crippen LogP contribution in [0.1, 0.15) is 34.6 Å². The van der Waals surface area contributed by atoms with Crippen molar-refractivity contribution in [1.82, 2.24) is 0 Å². The zero-order valence-corrected chi connectivity index (χ0v) is 16.9. The Kier molecular flexibility index (Phi) is 6.52. The number of amides is 2. The molecule has 0 saturated carbocycles. The molecule has 0 unspecified atom stereocenters. The lowest BCUT2D eigenvalue weighted by Gasteiger charge is -2.11. The SMILES string of the molecule is CC(C)Oc1cccc(C(=O)Nc2ccc(NC(=O)c3cccc(Cl)c3)cc2)c1. The molecule has 0 radical (unpaired) electrons. The fraction of sp³-hybridized carbons (Fsp3) is 0.130. The van der Waals surface area contributed by atoms with Gasteiger partial charge in [-0.3, -0.25) is 9.59 Å². The Hall–Kier alpha value is -3.31. The highest BCUT2D eigenvalue weighted by atomic mass is 35.5. The molecule has 0 aliphatic heterocycles. The highest BCUT2D eigenvalue weighted by molar-refractivity contribution is 6.31. The summed E-state index contributed by atoms with van der Waals surface area (Å²) in [4.78, 5) is 24.8. The fourth-order valence-corrected chi connectivity index (χ4v) is 2.85. The molecule has 0 aromatic heterocycles. The van der Waals surface area contributed by atoms with Crippen LogP contribution in [-0.2, 0) is 0 Å². The average molecular weight is 409 g/mol. The smallest absolute Gasteiger partial charge is 0.255 e. The Morgan fingerprint density at radius 2 is 1.31 bits per heavy atom. The van der Waals surface area contributed by atoms with Gasteiger partial charge in [-0.2, -0.15) is 0 Å². The minimum Gasteiger partial charge on any atom is -0.491 e. The van der Waals surface area contributed by atoms with E-state index in [4.69, 9.17) is 16.3 Å². The van der Waals surface area contributed by atoms with Crippen molar-refractivity contribution in [3.63, 3.8) is 0 Å². The zero-order valence-electron chi connectivity index (χ0n) is 16.1. The van der Waals surface area contributed by atoms with Crippen LogP contribution in [-0.4, -0.2) is 17.9 Å². The summed E-state index contributed by atoms with van der Waals surface area (Å²) in [5.74, 6) is 0.146. The zero-order chi connectivity index (χ0) is 20.8. The predicted octanol–water partition coefficient (Wildman–Crippen LogP) is 5.63. The van der Waals surface area contributed by atoms with Crippen molar-refractivity contribution >= 4 is 34.8 Å². The Morgan fingerprint density at radius 3 is 1.83 bits per heavy atom. The van der Waals surface area contributed by atoms with Crippen molar-refractivity contribution in [3.05, 3.63) is 88.9 Å². The molecule has 0 heterocycles. The molecule has 3 rings (SSSR count). The lowest BCUT2D eigenvalue weighted by Crippen LogP contribution is -2.13. The van der Waals surface area contributed by atoms with E-state index in [1.54, 1.807) is 66.7 Å². The number of halogens is 1. The summed E-state index contributed by atoms with van der Waals surface area (Å²) < 4.78 is 5.62. The van der Waals surface area contributed by atoms with Crippen LogP contribution < -0.4 is 15.4 Å². The number of anilines is 2. The van der Waals surface area contributed by atoms with Crippen molar-refractivity contribution in [1.29, 1.82) is 0 Å². The van der Waals surface area contributed by atoms with Gasteiger partial charge in [-0.25, -0.2) is 0 Å². The fourth-order valence-electron chi connectivity index (χ4n) is 2.66. The lowest BCUT2D eigenvalue weighted by atomic mass is 10.2. The molecule has 0 saturated heterocycles. The van der Waals surface area contributed by atoms with E-state index in [1.807, 2.05) is 19.9 Å². The van der Waals surface area contributed by atoms with Crippen molar-refractivity contribution < 1.29 is 14.3 Å².